The summed E-state index contributed by atoms with van der Waals surface area (Å²) in [5, 5.41) is 0.391. The Morgan fingerprint density at radius 3 is 2.36 bits per heavy atom. The monoisotopic (exact) mass is 175 g/mol. The largest absolute Gasteiger partial charge is 0.330 e. The normalized spacial score (nSPS) is 43.1. The van der Waals surface area contributed by atoms with Gasteiger partial charge < -0.3 is 17.2 Å². The van der Waals surface area contributed by atoms with Gasteiger partial charge in [-0.15, -0.1) is 0 Å². The summed E-state index contributed by atoms with van der Waals surface area (Å²) in [6.45, 7) is 2.82. The van der Waals surface area contributed by atoms with Crippen LogP contribution >= 0.6 is 12.6 Å². The fourth-order valence-corrected chi connectivity index (χ4v) is 2.27. The molecule has 1 rings (SSSR count). The average Bonchev–Trinajstić information content (AvgIpc) is 2.41. The molecule has 2 unspecified atom stereocenters. The van der Waals surface area contributed by atoms with E-state index in [1.807, 2.05) is 0 Å². The number of hydrogen-bond acceptors (Lipinski definition) is 4. The quantitative estimate of drug-likeness (QED) is 0.345. The summed E-state index contributed by atoms with van der Waals surface area (Å²) >= 11 is 4.42. The van der Waals surface area contributed by atoms with Crippen molar-refractivity contribution in [3.8, 4) is 0 Å². The van der Waals surface area contributed by atoms with E-state index in [2.05, 4.69) is 19.6 Å². The zero-order valence-electron chi connectivity index (χ0n) is 6.83. The lowest BCUT2D eigenvalue weighted by Crippen LogP contribution is -2.31. The first-order valence-electron chi connectivity index (χ1n) is 3.91. The predicted octanol–water partition coefficient (Wildman–Crippen LogP) is -0.487. The van der Waals surface area contributed by atoms with Crippen LogP contribution in [0.25, 0.3) is 0 Å². The van der Waals surface area contributed by atoms with Crippen molar-refractivity contribution in [2.75, 3.05) is 6.54 Å². The Balaban J connectivity index is 2.41. The van der Waals surface area contributed by atoms with Crippen LogP contribution in [0.15, 0.2) is 0 Å². The molecule has 6 N–H and O–H groups in total. The molecule has 0 bridgehead atoms. The van der Waals surface area contributed by atoms with Crippen molar-refractivity contribution >= 4 is 12.6 Å². The Labute approximate surface area is 73.1 Å². The summed E-state index contributed by atoms with van der Waals surface area (Å²) in [5.74, 6) is 0.510. The lowest BCUT2D eigenvalue weighted by molar-refractivity contribution is 0.464. The lowest BCUT2D eigenvalue weighted by atomic mass is 10.0. The second-order valence-electron chi connectivity index (χ2n) is 3.66. The molecule has 4 heteroatoms. The summed E-state index contributed by atoms with van der Waals surface area (Å²) in [7, 11) is 0. The molecule has 0 spiro atoms. The molecule has 1 saturated carbocycles. The van der Waals surface area contributed by atoms with Crippen molar-refractivity contribution in [3.63, 3.8) is 0 Å². The molecule has 0 amide bonds. The van der Waals surface area contributed by atoms with Crippen molar-refractivity contribution in [1.82, 2.24) is 0 Å². The van der Waals surface area contributed by atoms with Crippen molar-refractivity contribution in [2.24, 2.45) is 28.5 Å². The van der Waals surface area contributed by atoms with Gasteiger partial charge in [0.1, 0.15) is 0 Å². The topological polar surface area (TPSA) is 78.1 Å². The van der Waals surface area contributed by atoms with Crippen molar-refractivity contribution < 1.29 is 0 Å². The van der Waals surface area contributed by atoms with E-state index in [0.717, 1.165) is 6.42 Å². The van der Waals surface area contributed by atoms with E-state index in [1.54, 1.807) is 0 Å². The maximum absolute atomic E-state index is 5.59. The fourth-order valence-electron chi connectivity index (χ4n) is 1.60. The molecule has 66 valence electrons. The van der Waals surface area contributed by atoms with Crippen LogP contribution in [0.4, 0.5) is 0 Å². The third-order valence-electron chi connectivity index (χ3n) is 2.76. The van der Waals surface area contributed by atoms with E-state index < -0.39 is 0 Å². The molecule has 0 aromatic heterocycles. The average molecular weight is 175 g/mol. The van der Waals surface area contributed by atoms with Gasteiger partial charge in [-0.1, -0.05) is 6.92 Å². The standard InChI is InChI=1S/C7H17N3S/c1-7(3-8)4(6(7)11)2-5(9)10/h4-6,11H,2-3,8-10H2,1H3/t4?,6?,7-/m0/s1. The van der Waals surface area contributed by atoms with E-state index in [0.29, 0.717) is 17.7 Å². The zero-order valence-corrected chi connectivity index (χ0v) is 7.72. The minimum Gasteiger partial charge on any atom is -0.330 e. The molecular weight excluding hydrogens is 158 g/mol. The molecule has 0 saturated heterocycles. The molecule has 0 aromatic carbocycles. The first-order valence-corrected chi connectivity index (χ1v) is 4.43. The highest BCUT2D eigenvalue weighted by Crippen LogP contribution is 2.57. The molecule has 0 heterocycles. The Kier molecular flexibility index (Phi) is 2.49. The van der Waals surface area contributed by atoms with E-state index in [4.69, 9.17) is 17.2 Å². The Hall–Kier alpha value is 0.230. The van der Waals surface area contributed by atoms with Gasteiger partial charge in [-0.25, -0.2) is 0 Å². The zero-order chi connectivity index (χ0) is 8.65. The van der Waals surface area contributed by atoms with Gasteiger partial charge in [0.25, 0.3) is 0 Å². The van der Waals surface area contributed by atoms with E-state index in [-0.39, 0.29) is 11.6 Å². The molecule has 0 aromatic rings. The van der Waals surface area contributed by atoms with Crippen LogP contribution in [0, 0.1) is 11.3 Å². The first kappa shape index (κ1) is 9.32. The fraction of sp³-hybridized carbons (Fsp3) is 1.00. The molecule has 1 fully saturated rings. The van der Waals surface area contributed by atoms with Crippen LogP contribution in [-0.2, 0) is 0 Å². The van der Waals surface area contributed by atoms with E-state index >= 15 is 0 Å². The van der Waals surface area contributed by atoms with Gasteiger partial charge >= 0.3 is 0 Å². The van der Waals surface area contributed by atoms with Crippen LogP contribution in [0.5, 0.6) is 0 Å². The van der Waals surface area contributed by atoms with Crippen molar-refractivity contribution in [3.05, 3.63) is 0 Å². The van der Waals surface area contributed by atoms with Crippen molar-refractivity contribution in [1.29, 1.82) is 0 Å². The highest BCUT2D eigenvalue weighted by atomic mass is 32.1. The van der Waals surface area contributed by atoms with Gasteiger partial charge in [-0.2, -0.15) is 12.6 Å². The maximum atomic E-state index is 5.59. The summed E-state index contributed by atoms with van der Waals surface area (Å²) in [5.41, 5.74) is 16.7. The molecule has 3 nitrogen and oxygen atoms in total. The van der Waals surface area contributed by atoms with Crippen molar-refractivity contribution in [2.45, 2.75) is 24.8 Å². The van der Waals surface area contributed by atoms with Gasteiger partial charge in [-0.05, 0) is 24.3 Å². The number of thiol groups is 1. The Bertz CT molecular complexity index is 151. The number of nitrogens with two attached hydrogens (primary N) is 3. The van der Waals surface area contributed by atoms with Gasteiger partial charge in [0.15, 0.2) is 0 Å². The van der Waals surface area contributed by atoms with Crippen LogP contribution < -0.4 is 17.2 Å². The third kappa shape index (κ3) is 1.54. The maximum Gasteiger partial charge on any atom is 0.0524 e. The highest BCUT2D eigenvalue weighted by molar-refractivity contribution is 7.81. The second-order valence-corrected chi connectivity index (χ2v) is 4.22. The molecule has 0 radical (unpaired) electrons. The molecular formula is C7H17N3S. The molecule has 3 atom stereocenters. The summed E-state index contributed by atoms with van der Waals surface area (Å²) in [6.07, 6.45) is 0.616. The lowest BCUT2D eigenvalue weighted by Gasteiger charge is -2.08. The number of rotatable bonds is 3. The highest BCUT2D eigenvalue weighted by Gasteiger charge is 2.57. The first-order chi connectivity index (χ1) is 5.02. The van der Waals surface area contributed by atoms with Gasteiger partial charge in [-0.3, -0.25) is 0 Å². The van der Waals surface area contributed by atoms with Gasteiger partial charge in [0, 0.05) is 5.25 Å². The van der Waals surface area contributed by atoms with Crippen LogP contribution in [0.2, 0.25) is 0 Å². The smallest absolute Gasteiger partial charge is 0.0524 e. The summed E-state index contributed by atoms with van der Waals surface area (Å²) in [6, 6.07) is 0. The summed E-state index contributed by atoms with van der Waals surface area (Å²) in [4.78, 5) is 0. The van der Waals surface area contributed by atoms with E-state index in [1.165, 1.54) is 0 Å². The van der Waals surface area contributed by atoms with E-state index in [9.17, 15) is 0 Å². The van der Waals surface area contributed by atoms with Gasteiger partial charge in [0.05, 0.1) is 6.17 Å². The molecule has 1 aliphatic carbocycles. The minimum absolute atomic E-state index is 0.181. The molecule has 1 aliphatic rings. The second kappa shape index (κ2) is 2.94. The molecule has 0 aliphatic heterocycles. The van der Waals surface area contributed by atoms with Crippen LogP contribution in [-0.4, -0.2) is 18.0 Å². The van der Waals surface area contributed by atoms with Crippen LogP contribution in [0.3, 0.4) is 0 Å². The Morgan fingerprint density at radius 2 is 2.09 bits per heavy atom. The third-order valence-corrected chi connectivity index (χ3v) is 3.71. The van der Waals surface area contributed by atoms with Gasteiger partial charge in [0.2, 0.25) is 0 Å². The van der Waals surface area contributed by atoms with Crippen LogP contribution in [0.1, 0.15) is 13.3 Å². The minimum atomic E-state index is -0.219. The number of hydrogen-bond donors (Lipinski definition) is 4. The predicted molar refractivity (Wildman–Crippen MR) is 50.2 cm³/mol. The summed E-state index contributed by atoms with van der Waals surface area (Å²) < 4.78 is 0. The SMILES string of the molecule is C[C@@]1(CN)C(S)C1CC(N)N. The Morgan fingerprint density at radius 1 is 1.55 bits per heavy atom. The molecule has 11 heavy (non-hydrogen) atoms.